The summed E-state index contributed by atoms with van der Waals surface area (Å²) in [4.78, 5) is 12.8. The van der Waals surface area contributed by atoms with Crippen LogP contribution in [-0.4, -0.2) is 38.1 Å². The van der Waals surface area contributed by atoms with E-state index in [1.54, 1.807) is 19.0 Å². The number of hydrogen-bond donors (Lipinski definition) is 0. The van der Waals surface area contributed by atoms with Crippen LogP contribution in [0.25, 0.3) is 0 Å². The minimum absolute atomic E-state index is 0.173. The molecule has 3 heteroatoms. The van der Waals surface area contributed by atoms with Gasteiger partial charge < -0.3 is 9.64 Å². The van der Waals surface area contributed by atoms with Crippen LogP contribution < -0.4 is 0 Å². The van der Waals surface area contributed by atoms with Crippen LogP contribution in [0.2, 0.25) is 0 Å². The van der Waals surface area contributed by atoms with Crippen LogP contribution in [0.1, 0.15) is 32.6 Å². The Labute approximate surface area is 93.1 Å². The SMILES string of the molecule is CCCCOC/C=C/CCC(=O)N(C)C. The quantitative estimate of drug-likeness (QED) is 0.457. The van der Waals surface area contributed by atoms with E-state index in [0.29, 0.717) is 13.0 Å². The van der Waals surface area contributed by atoms with Gasteiger partial charge in [0.15, 0.2) is 0 Å². The number of amides is 1. The average molecular weight is 213 g/mol. The summed E-state index contributed by atoms with van der Waals surface area (Å²) < 4.78 is 5.35. The fourth-order valence-corrected chi connectivity index (χ4v) is 1.01. The molecule has 0 aromatic heterocycles. The van der Waals surface area contributed by atoms with Crippen LogP contribution in [0.3, 0.4) is 0 Å². The molecule has 0 saturated carbocycles. The lowest BCUT2D eigenvalue weighted by Gasteiger charge is -2.07. The zero-order chi connectivity index (χ0) is 11.5. The van der Waals surface area contributed by atoms with Gasteiger partial charge in [-0.3, -0.25) is 4.79 Å². The molecule has 0 radical (unpaired) electrons. The highest BCUT2D eigenvalue weighted by molar-refractivity contribution is 5.75. The smallest absolute Gasteiger partial charge is 0.222 e. The minimum atomic E-state index is 0.173. The van der Waals surface area contributed by atoms with Crippen molar-refractivity contribution in [3.05, 3.63) is 12.2 Å². The van der Waals surface area contributed by atoms with Gasteiger partial charge in [0.05, 0.1) is 6.61 Å². The number of rotatable bonds is 8. The Morgan fingerprint density at radius 3 is 2.67 bits per heavy atom. The maximum absolute atomic E-state index is 11.2. The second kappa shape index (κ2) is 9.71. The van der Waals surface area contributed by atoms with Crippen LogP contribution in [0.15, 0.2) is 12.2 Å². The molecule has 3 nitrogen and oxygen atoms in total. The Hall–Kier alpha value is -0.830. The Bertz CT molecular complexity index is 188. The molecule has 0 rings (SSSR count). The molecule has 0 saturated heterocycles. The van der Waals surface area contributed by atoms with E-state index in [2.05, 4.69) is 6.92 Å². The van der Waals surface area contributed by atoms with E-state index in [4.69, 9.17) is 4.74 Å². The van der Waals surface area contributed by atoms with E-state index in [0.717, 1.165) is 19.4 Å². The minimum Gasteiger partial charge on any atom is -0.377 e. The lowest BCUT2D eigenvalue weighted by atomic mass is 10.2. The normalized spacial score (nSPS) is 10.9. The first-order chi connectivity index (χ1) is 7.18. The lowest BCUT2D eigenvalue weighted by Crippen LogP contribution is -2.20. The third-order valence-electron chi connectivity index (χ3n) is 2.05. The number of nitrogens with zero attached hydrogens (tertiary/aromatic N) is 1. The molecule has 0 aromatic carbocycles. The summed E-state index contributed by atoms with van der Waals surface area (Å²) in [6, 6.07) is 0. The van der Waals surface area contributed by atoms with Gasteiger partial charge in [-0.15, -0.1) is 0 Å². The molecular weight excluding hydrogens is 190 g/mol. The van der Waals surface area contributed by atoms with E-state index in [9.17, 15) is 4.79 Å². The maximum atomic E-state index is 11.2. The molecule has 0 aliphatic rings. The molecular formula is C12H23NO2. The van der Waals surface area contributed by atoms with Gasteiger partial charge in [-0.25, -0.2) is 0 Å². The zero-order valence-corrected chi connectivity index (χ0v) is 10.2. The Morgan fingerprint density at radius 2 is 2.07 bits per heavy atom. The van der Waals surface area contributed by atoms with Gasteiger partial charge in [0.25, 0.3) is 0 Å². The Balaban J connectivity index is 3.28. The first kappa shape index (κ1) is 14.2. The fourth-order valence-electron chi connectivity index (χ4n) is 1.01. The van der Waals surface area contributed by atoms with Crippen molar-refractivity contribution in [1.82, 2.24) is 4.90 Å². The van der Waals surface area contributed by atoms with Gasteiger partial charge in [-0.05, 0) is 12.8 Å². The average Bonchev–Trinajstić information content (AvgIpc) is 2.21. The van der Waals surface area contributed by atoms with Crippen molar-refractivity contribution in [3.8, 4) is 0 Å². The predicted molar refractivity (Wildman–Crippen MR) is 62.8 cm³/mol. The predicted octanol–water partition coefficient (Wildman–Crippen LogP) is 2.23. The number of ether oxygens (including phenoxy) is 1. The number of allylic oxidation sites excluding steroid dienone is 1. The van der Waals surface area contributed by atoms with Gasteiger partial charge in [-0.1, -0.05) is 25.5 Å². The van der Waals surface area contributed by atoms with Crippen molar-refractivity contribution in [3.63, 3.8) is 0 Å². The monoisotopic (exact) mass is 213 g/mol. The van der Waals surface area contributed by atoms with Gasteiger partial charge in [0.2, 0.25) is 5.91 Å². The van der Waals surface area contributed by atoms with E-state index in [1.165, 1.54) is 6.42 Å². The van der Waals surface area contributed by atoms with Crippen molar-refractivity contribution >= 4 is 5.91 Å². The largest absolute Gasteiger partial charge is 0.377 e. The van der Waals surface area contributed by atoms with Crippen LogP contribution in [-0.2, 0) is 9.53 Å². The fraction of sp³-hybridized carbons (Fsp3) is 0.750. The lowest BCUT2D eigenvalue weighted by molar-refractivity contribution is -0.128. The summed E-state index contributed by atoms with van der Waals surface area (Å²) in [5.41, 5.74) is 0. The molecule has 0 aliphatic heterocycles. The number of hydrogen-bond acceptors (Lipinski definition) is 2. The van der Waals surface area contributed by atoms with Crippen molar-refractivity contribution in [2.45, 2.75) is 32.6 Å². The molecule has 0 bridgehead atoms. The summed E-state index contributed by atoms with van der Waals surface area (Å²) in [6.07, 6.45) is 7.66. The summed E-state index contributed by atoms with van der Waals surface area (Å²) in [7, 11) is 3.56. The van der Waals surface area contributed by atoms with E-state index in [-0.39, 0.29) is 5.91 Å². The number of unbranched alkanes of at least 4 members (excludes halogenated alkanes) is 1. The van der Waals surface area contributed by atoms with Gasteiger partial charge >= 0.3 is 0 Å². The second-order valence-electron chi connectivity index (χ2n) is 3.73. The van der Waals surface area contributed by atoms with Crippen LogP contribution in [0, 0.1) is 0 Å². The molecule has 0 aliphatic carbocycles. The molecule has 0 spiro atoms. The van der Waals surface area contributed by atoms with Gasteiger partial charge in [0.1, 0.15) is 0 Å². The van der Waals surface area contributed by atoms with E-state index in [1.807, 2.05) is 12.2 Å². The Morgan fingerprint density at radius 1 is 1.33 bits per heavy atom. The standard InChI is InChI=1S/C12H23NO2/c1-4-5-10-15-11-8-6-7-9-12(14)13(2)3/h6,8H,4-5,7,9-11H2,1-3H3/b8-6+. The molecule has 0 fully saturated rings. The van der Waals surface area contributed by atoms with E-state index >= 15 is 0 Å². The Kier molecular flexibility index (Phi) is 9.18. The highest BCUT2D eigenvalue weighted by atomic mass is 16.5. The second-order valence-corrected chi connectivity index (χ2v) is 3.73. The number of carbonyl (C=O) groups is 1. The molecule has 0 aromatic rings. The first-order valence-corrected chi connectivity index (χ1v) is 5.61. The van der Waals surface area contributed by atoms with Crippen molar-refractivity contribution in [1.29, 1.82) is 0 Å². The highest BCUT2D eigenvalue weighted by Crippen LogP contribution is 1.95. The third kappa shape index (κ3) is 9.47. The summed E-state index contributed by atoms with van der Waals surface area (Å²) in [6.45, 7) is 3.64. The first-order valence-electron chi connectivity index (χ1n) is 5.61. The maximum Gasteiger partial charge on any atom is 0.222 e. The summed E-state index contributed by atoms with van der Waals surface area (Å²) in [5, 5.41) is 0. The topological polar surface area (TPSA) is 29.5 Å². The highest BCUT2D eigenvalue weighted by Gasteiger charge is 2.00. The molecule has 0 unspecified atom stereocenters. The van der Waals surface area contributed by atoms with Crippen LogP contribution >= 0.6 is 0 Å². The summed E-state index contributed by atoms with van der Waals surface area (Å²) in [5.74, 6) is 0.173. The molecule has 0 N–H and O–H groups in total. The molecule has 0 atom stereocenters. The molecule has 88 valence electrons. The molecule has 0 heterocycles. The molecule has 15 heavy (non-hydrogen) atoms. The van der Waals surface area contributed by atoms with Gasteiger partial charge in [0, 0.05) is 27.1 Å². The number of carbonyl (C=O) groups excluding carboxylic acids is 1. The van der Waals surface area contributed by atoms with Gasteiger partial charge in [-0.2, -0.15) is 0 Å². The third-order valence-corrected chi connectivity index (χ3v) is 2.05. The molecule has 1 amide bonds. The van der Waals surface area contributed by atoms with Crippen LogP contribution in [0.5, 0.6) is 0 Å². The van der Waals surface area contributed by atoms with Crippen LogP contribution in [0.4, 0.5) is 0 Å². The van der Waals surface area contributed by atoms with E-state index < -0.39 is 0 Å². The van der Waals surface area contributed by atoms with Crippen molar-refractivity contribution < 1.29 is 9.53 Å². The van der Waals surface area contributed by atoms with Crippen molar-refractivity contribution in [2.75, 3.05) is 27.3 Å². The van der Waals surface area contributed by atoms with Crippen molar-refractivity contribution in [2.24, 2.45) is 0 Å². The summed E-state index contributed by atoms with van der Waals surface area (Å²) >= 11 is 0. The zero-order valence-electron chi connectivity index (χ0n) is 10.2.